The van der Waals surface area contributed by atoms with E-state index in [0.717, 1.165) is 24.9 Å². The average molecular weight is 327 g/mol. The first-order valence-corrected chi connectivity index (χ1v) is 9.18. The highest BCUT2D eigenvalue weighted by molar-refractivity contribution is 5.59. The zero-order chi connectivity index (χ0) is 17.4. The third kappa shape index (κ3) is 2.92. The van der Waals surface area contributed by atoms with Crippen LogP contribution in [0.15, 0.2) is 18.2 Å². The van der Waals surface area contributed by atoms with Crippen LogP contribution < -0.4 is 4.90 Å². The fraction of sp³-hybridized carbons (Fsp3) is 0.650. The van der Waals surface area contributed by atoms with Crippen LogP contribution in [-0.4, -0.2) is 30.1 Å². The first kappa shape index (κ1) is 17.3. The molecule has 0 aliphatic carbocycles. The SMILES string of the molecule is CCc1cc(C#N)ccc1N1C2OC1N(CC(C)C)C2CC(C)C. The van der Waals surface area contributed by atoms with Gasteiger partial charge in [-0.25, -0.2) is 0 Å². The Kier molecular flexibility index (Phi) is 4.85. The number of nitriles is 1. The smallest absolute Gasteiger partial charge is 0.194 e. The number of ether oxygens (including phenoxy) is 1. The Morgan fingerprint density at radius 2 is 1.96 bits per heavy atom. The van der Waals surface area contributed by atoms with Crippen molar-refractivity contribution in [2.24, 2.45) is 11.8 Å². The van der Waals surface area contributed by atoms with E-state index < -0.39 is 0 Å². The zero-order valence-electron chi connectivity index (χ0n) is 15.5. The van der Waals surface area contributed by atoms with Gasteiger partial charge in [0, 0.05) is 12.2 Å². The fourth-order valence-corrected chi connectivity index (χ4v) is 3.99. The van der Waals surface area contributed by atoms with Crippen LogP contribution in [0, 0.1) is 23.2 Å². The minimum absolute atomic E-state index is 0.0550. The van der Waals surface area contributed by atoms with Crippen LogP contribution in [0.25, 0.3) is 0 Å². The molecule has 0 aromatic heterocycles. The number of benzene rings is 1. The summed E-state index contributed by atoms with van der Waals surface area (Å²) in [6.07, 6.45) is 2.29. The van der Waals surface area contributed by atoms with E-state index in [-0.39, 0.29) is 12.6 Å². The molecule has 0 amide bonds. The Morgan fingerprint density at radius 3 is 2.54 bits per heavy atom. The second kappa shape index (κ2) is 6.74. The van der Waals surface area contributed by atoms with Gasteiger partial charge in [-0.2, -0.15) is 5.26 Å². The van der Waals surface area contributed by atoms with Gasteiger partial charge in [-0.3, -0.25) is 4.90 Å². The van der Waals surface area contributed by atoms with Crippen LogP contribution in [0.3, 0.4) is 0 Å². The second-order valence-corrected chi connectivity index (χ2v) is 7.86. The molecular formula is C20H29N3O. The lowest BCUT2D eigenvalue weighted by Crippen LogP contribution is -2.55. The topological polar surface area (TPSA) is 39.5 Å². The third-order valence-electron chi connectivity index (χ3n) is 4.97. The van der Waals surface area contributed by atoms with E-state index in [1.807, 2.05) is 12.1 Å². The van der Waals surface area contributed by atoms with Gasteiger partial charge in [-0.05, 0) is 48.4 Å². The molecule has 130 valence electrons. The van der Waals surface area contributed by atoms with E-state index in [1.54, 1.807) is 0 Å². The van der Waals surface area contributed by atoms with Crippen LogP contribution >= 0.6 is 0 Å². The van der Waals surface area contributed by atoms with Crippen LogP contribution in [-0.2, 0) is 11.2 Å². The van der Waals surface area contributed by atoms with Gasteiger partial charge in [-0.1, -0.05) is 34.6 Å². The Balaban J connectivity index is 1.90. The van der Waals surface area contributed by atoms with Gasteiger partial charge in [0.15, 0.2) is 12.6 Å². The first-order valence-electron chi connectivity index (χ1n) is 9.18. The second-order valence-electron chi connectivity index (χ2n) is 7.86. The number of hydrogen-bond donors (Lipinski definition) is 0. The number of fused-ring (bicyclic) bond motifs is 1. The Hall–Kier alpha value is -1.57. The Morgan fingerprint density at radius 1 is 1.21 bits per heavy atom. The standard InChI is InChI=1S/C20H29N3O/c1-6-16-10-15(11-21)7-8-17(16)23-19-18(9-13(2)3)22(12-14(4)5)20(23)24-19/h7-8,10,13-14,18-20H,6,9,12H2,1-5H3. The predicted molar refractivity (Wildman–Crippen MR) is 96.5 cm³/mol. The number of aryl methyl sites for hydroxylation is 1. The largest absolute Gasteiger partial charge is 0.320 e. The lowest BCUT2D eigenvalue weighted by molar-refractivity contribution is -0.0970. The van der Waals surface area contributed by atoms with Gasteiger partial charge < -0.3 is 9.64 Å². The number of anilines is 1. The highest BCUT2D eigenvalue weighted by atomic mass is 16.6. The van der Waals surface area contributed by atoms with E-state index in [2.05, 4.69) is 56.6 Å². The molecule has 3 aliphatic heterocycles. The molecule has 4 rings (SSSR count). The summed E-state index contributed by atoms with van der Waals surface area (Å²) in [7, 11) is 0. The molecule has 0 spiro atoms. The molecular weight excluding hydrogens is 298 g/mol. The fourth-order valence-electron chi connectivity index (χ4n) is 3.99. The molecule has 0 saturated carbocycles. The first-order chi connectivity index (χ1) is 11.5. The lowest BCUT2D eigenvalue weighted by Gasteiger charge is -2.43. The Bertz CT molecular complexity index is 612. The lowest BCUT2D eigenvalue weighted by atomic mass is 10.0. The van der Waals surface area contributed by atoms with E-state index in [0.29, 0.717) is 17.9 Å². The molecule has 3 heterocycles. The quantitative estimate of drug-likeness (QED) is 0.793. The summed E-state index contributed by atoms with van der Waals surface area (Å²) in [5.41, 5.74) is 3.21. The van der Waals surface area contributed by atoms with Crippen LogP contribution in [0.4, 0.5) is 5.69 Å². The Labute approximate surface area is 146 Å². The summed E-state index contributed by atoms with van der Waals surface area (Å²) in [6, 6.07) is 8.76. The van der Waals surface area contributed by atoms with Crippen molar-refractivity contribution in [3.8, 4) is 6.07 Å². The summed E-state index contributed by atoms with van der Waals surface area (Å²) in [5.74, 6) is 1.28. The summed E-state index contributed by atoms with van der Waals surface area (Å²) in [5, 5.41) is 9.16. The van der Waals surface area contributed by atoms with Crippen molar-refractivity contribution in [2.75, 3.05) is 11.4 Å². The molecule has 24 heavy (non-hydrogen) atoms. The molecule has 4 heteroatoms. The van der Waals surface area contributed by atoms with Crippen molar-refractivity contribution in [3.63, 3.8) is 0 Å². The molecule has 1 aromatic rings. The van der Waals surface area contributed by atoms with Gasteiger partial charge in [-0.15, -0.1) is 0 Å². The molecule has 1 aromatic carbocycles. The minimum atomic E-state index is 0.0550. The maximum absolute atomic E-state index is 9.16. The van der Waals surface area contributed by atoms with Crippen molar-refractivity contribution in [1.29, 1.82) is 5.26 Å². The molecule has 3 aliphatic rings. The van der Waals surface area contributed by atoms with Crippen LogP contribution in [0.1, 0.15) is 52.2 Å². The van der Waals surface area contributed by atoms with Gasteiger partial charge >= 0.3 is 0 Å². The molecule has 0 radical (unpaired) electrons. The van der Waals surface area contributed by atoms with Crippen molar-refractivity contribution >= 4 is 5.69 Å². The highest BCUT2D eigenvalue weighted by Gasteiger charge is 2.58. The van der Waals surface area contributed by atoms with E-state index in [9.17, 15) is 0 Å². The molecule has 3 fully saturated rings. The normalized spacial score (nSPS) is 26.1. The maximum Gasteiger partial charge on any atom is 0.194 e. The van der Waals surface area contributed by atoms with Crippen molar-refractivity contribution < 1.29 is 4.74 Å². The minimum Gasteiger partial charge on any atom is -0.320 e. The van der Waals surface area contributed by atoms with Crippen molar-refractivity contribution in [1.82, 2.24) is 4.90 Å². The molecule has 3 unspecified atom stereocenters. The summed E-state index contributed by atoms with van der Waals surface area (Å²) >= 11 is 0. The monoisotopic (exact) mass is 327 g/mol. The predicted octanol–water partition coefficient (Wildman–Crippen LogP) is 3.95. The molecule has 3 saturated heterocycles. The summed E-state index contributed by atoms with van der Waals surface area (Å²) in [4.78, 5) is 4.96. The van der Waals surface area contributed by atoms with Gasteiger partial charge in [0.05, 0.1) is 17.7 Å². The van der Waals surface area contributed by atoms with Gasteiger partial charge in [0.1, 0.15) is 0 Å². The van der Waals surface area contributed by atoms with Crippen LogP contribution in [0.2, 0.25) is 0 Å². The third-order valence-corrected chi connectivity index (χ3v) is 4.97. The summed E-state index contributed by atoms with van der Waals surface area (Å²) < 4.78 is 6.19. The van der Waals surface area contributed by atoms with Gasteiger partial charge in [0.2, 0.25) is 0 Å². The van der Waals surface area contributed by atoms with Crippen molar-refractivity contribution in [2.45, 2.75) is 66.1 Å². The average Bonchev–Trinajstić information content (AvgIpc) is 2.97. The molecule has 4 nitrogen and oxygen atoms in total. The van der Waals surface area contributed by atoms with Gasteiger partial charge in [0.25, 0.3) is 0 Å². The zero-order valence-corrected chi connectivity index (χ0v) is 15.5. The summed E-state index contributed by atoms with van der Waals surface area (Å²) in [6.45, 7) is 12.3. The number of rotatable bonds is 6. The molecule has 3 atom stereocenters. The molecule has 0 N–H and O–H groups in total. The number of nitrogens with zero attached hydrogens (tertiary/aromatic N) is 3. The van der Waals surface area contributed by atoms with E-state index >= 15 is 0 Å². The van der Waals surface area contributed by atoms with Crippen LogP contribution in [0.5, 0.6) is 0 Å². The maximum atomic E-state index is 9.16. The highest BCUT2D eigenvalue weighted by Crippen LogP contribution is 2.46. The van der Waals surface area contributed by atoms with Crippen molar-refractivity contribution in [3.05, 3.63) is 29.3 Å². The number of hydrogen-bond acceptors (Lipinski definition) is 4. The van der Waals surface area contributed by atoms with E-state index in [1.165, 1.54) is 11.3 Å². The molecule has 2 bridgehead atoms. The van der Waals surface area contributed by atoms with E-state index in [4.69, 9.17) is 10.00 Å².